The summed E-state index contributed by atoms with van der Waals surface area (Å²) in [6, 6.07) is 63.8. The van der Waals surface area contributed by atoms with Gasteiger partial charge in [0.25, 0.3) is 0 Å². The summed E-state index contributed by atoms with van der Waals surface area (Å²) in [5.41, 5.74) is 10.4. The summed E-state index contributed by atoms with van der Waals surface area (Å²) in [7, 11) is 0. The second kappa shape index (κ2) is 10.4. The standard InChI is InChI=1S/C51H34/c1-51(2)47-29-38(36-21-24-43-40(27-36)20-18-34-15-11-31-7-3-5-9-41(31)49(34)43)22-25-44(47)45-26-23-39(30-48(45)51)37-19-14-33-13-17-35-16-12-32-8-4-6-10-42(32)50(35)46(33)28-37/h3-30H,1-2H3. The van der Waals surface area contributed by atoms with Crippen LogP contribution in [0.25, 0.3) is 98.0 Å². The minimum atomic E-state index is -0.123. The van der Waals surface area contributed by atoms with Crippen molar-refractivity contribution in [3.8, 4) is 33.4 Å². The predicted octanol–water partition coefficient (Wildman–Crippen LogP) is 14.2. The Balaban J connectivity index is 1.00. The third kappa shape index (κ3) is 4.14. The van der Waals surface area contributed by atoms with E-state index in [1.54, 1.807) is 0 Å². The fourth-order valence-corrected chi connectivity index (χ4v) is 9.12. The van der Waals surface area contributed by atoms with Crippen LogP contribution in [0.5, 0.6) is 0 Å². The van der Waals surface area contributed by atoms with Crippen molar-refractivity contribution in [2.45, 2.75) is 19.3 Å². The molecular formula is C51H34. The lowest BCUT2D eigenvalue weighted by Gasteiger charge is -2.23. The van der Waals surface area contributed by atoms with Gasteiger partial charge >= 0.3 is 0 Å². The molecule has 0 fully saturated rings. The van der Waals surface area contributed by atoms with Crippen molar-refractivity contribution in [2.24, 2.45) is 0 Å². The van der Waals surface area contributed by atoms with E-state index in [4.69, 9.17) is 0 Å². The normalized spacial score (nSPS) is 13.5. The minimum absolute atomic E-state index is 0.123. The van der Waals surface area contributed by atoms with Crippen molar-refractivity contribution < 1.29 is 0 Å². The van der Waals surface area contributed by atoms with E-state index < -0.39 is 0 Å². The van der Waals surface area contributed by atoms with Gasteiger partial charge in [-0.3, -0.25) is 0 Å². The zero-order valence-corrected chi connectivity index (χ0v) is 28.7. The molecule has 0 saturated heterocycles. The Bertz CT molecular complexity index is 3100. The number of benzene rings is 10. The molecule has 0 radical (unpaired) electrons. The molecule has 238 valence electrons. The Kier molecular flexibility index (Phi) is 5.82. The molecule has 0 unspecified atom stereocenters. The molecule has 10 aromatic carbocycles. The van der Waals surface area contributed by atoms with E-state index in [2.05, 4.69) is 184 Å². The molecule has 0 amide bonds. The van der Waals surface area contributed by atoms with Crippen molar-refractivity contribution in [1.82, 2.24) is 0 Å². The number of hydrogen-bond donors (Lipinski definition) is 0. The minimum Gasteiger partial charge on any atom is -0.0616 e. The average Bonchev–Trinajstić information content (AvgIpc) is 3.41. The molecule has 0 heterocycles. The van der Waals surface area contributed by atoms with E-state index in [1.807, 2.05) is 0 Å². The Morgan fingerprint density at radius 1 is 0.294 bits per heavy atom. The van der Waals surface area contributed by atoms with Crippen LogP contribution in [0.2, 0.25) is 0 Å². The molecular weight excluding hydrogens is 613 g/mol. The van der Waals surface area contributed by atoms with E-state index in [1.165, 1.54) is 109 Å². The van der Waals surface area contributed by atoms with Gasteiger partial charge in [0.2, 0.25) is 0 Å². The second-order valence-electron chi connectivity index (χ2n) is 14.9. The highest BCUT2D eigenvalue weighted by molar-refractivity contribution is 6.21. The largest absolute Gasteiger partial charge is 0.0616 e. The Morgan fingerprint density at radius 2 is 0.686 bits per heavy atom. The van der Waals surface area contributed by atoms with Gasteiger partial charge in [0.1, 0.15) is 0 Å². The highest BCUT2D eigenvalue weighted by atomic mass is 14.4. The van der Waals surface area contributed by atoms with Crippen LogP contribution in [-0.2, 0) is 5.41 Å². The summed E-state index contributed by atoms with van der Waals surface area (Å²) in [6.45, 7) is 4.78. The van der Waals surface area contributed by atoms with Crippen molar-refractivity contribution >= 4 is 64.6 Å². The van der Waals surface area contributed by atoms with Gasteiger partial charge in [-0.25, -0.2) is 0 Å². The molecule has 0 nitrogen and oxygen atoms in total. The smallest absolute Gasteiger partial charge is 0.0159 e. The van der Waals surface area contributed by atoms with Crippen LogP contribution in [0.4, 0.5) is 0 Å². The molecule has 0 aliphatic heterocycles. The summed E-state index contributed by atoms with van der Waals surface area (Å²) in [5.74, 6) is 0. The SMILES string of the molecule is CC1(C)c2cc(-c3ccc4c(ccc5ccc6ccccc6c54)c3)ccc2-c2ccc(-c3ccc4ccc5ccc6ccccc6c5c4c3)cc21. The van der Waals surface area contributed by atoms with Gasteiger partial charge in [-0.1, -0.05) is 159 Å². The summed E-state index contributed by atoms with van der Waals surface area (Å²) >= 11 is 0. The maximum atomic E-state index is 2.45. The topological polar surface area (TPSA) is 0 Å². The van der Waals surface area contributed by atoms with Crippen LogP contribution in [-0.4, -0.2) is 0 Å². The molecule has 0 N–H and O–H groups in total. The van der Waals surface area contributed by atoms with E-state index in [0.29, 0.717) is 0 Å². The van der Waals surface area contributed by atoms with Crippen molar-refractivity contribution in [3.63, 3.8) is 0 Å². The lowest BCUT2D eigenvalue weighted by Crippen LogP contribution is -2.15. The lowest BCUT2D eigenvalue weighted by atomic mass is 9.80. The van der Waals surface area contributed by atoms with Gasteiger partial charge in [0.05, 0.1) is 0 Å². The first-order valence-corrected chi connectivity index (χ1v) is 18.0. The number of rotatable bonds is 2. The Morgan fingerprint density at radius 3 is 1.29 bits per heavy atom. The third-order valence-corrected chi connectivity index (χ3v) is 11.8. The first-order valence-electron chi connectivity index (χ1n) is 18.0. The number of fused-ring (bicyclic) bond motifs is 13. The quantitative estimate of drug-likeness (QED) is 0.164. The molecule has 51 heavy (non-hydrogen) atoms. The molecule has 11 rings (SSSR count). The highest BCUT2D eigenvalue weighted by Gasteiger charge is 2.36. The van der Waals surface area contributed by atoms with E-state index in [0.717, 1.165) is 0 Å². The van der Waals surface area contributed by atoms with Gasteiger partial charge in [-0.2, -0.15) is 0 Å². The van der Waals surface area contributed by atoms with Crippen molar-refractivity contribution in [2.75, 3.05) is 0 Å². The van der Waals surface area contributed by atoms with Crippen molar-refractivity contribution in [1.29, 1.82) is 0 Å². The van der Waals surface area contributed by atoms with Crippen LogP contribution in [0.1, 0.15) is 25.0 Å². The number of hydrogen-bond acceptors (Lipinski definition) is 0. The molecule has 1 aliphatic rings. The van der Waals surface area contributed by atoms with Gasteiger partial charge < -0.3 is 0 Å². The summed E-state index contributed by atoms with van der Waals surface area (Å²) in [4.78, 5) is 0. The molecule has 0 heteroatoms. The maximum absolute atomic E-state index is 2.45. The van der Waals surface area contributed by atoms with Crippen LogP contribution in [0, 0.1) is 0 Å². The lowest BCUT2D eigenvalue weighted by molar-refractivity contribution is 0.661. The van der Waals surface area contributed by atoms with Crippen molar-refractivity contribution in [3.05, 3.63) is 181 Å². The average molecular weight is 647 g/mol. The molecule has 0 aromatic heterocycles. The zero-order valence-electron chi connectivity index (χ0n) is 28.7. The summed E-state index contributed by atoms with van der Waals surface area (Å²) in [6.07, 6.45) is 0. The molecule has 0 bridgehead atoms. The molecule has 10 aromatic rings. The Labute approximate surface area is 297 Å². The molecule has 0 atom stereocenters. The monoisotopic (exact) mass is 646 g/mol. The third-order valence-electron chi connectivity index (χ3n) is 11.8. The van der Waals surface area contributed by atoms with E-state index in [-0.39, 0.29) is 5.41 Å². The van der Waals surface area contributed by atoms with Crippen LogP contribution >= 0.6 is 0 Å². The first-order chi connectivity index (χ1) is 25.0. The van der Waals surface area contributed by atoms with E-state index >= 15 is 0 Å². The van der Waals surface area contributed by atoms with Crippen LogP contribution in [0.3, 0.4) is 0 Å². The molecule has 0 saturated carbocycles. The highest BCUT2D eigenvalue weighted by Crippen LogP contribution is 2.51. The van der Waals surface area contributed by atoms with Gasteiger partial charge in [-0.05, 0) is 133 Å². The summed E-state index contributed by atoms with van der Waals surface area (Å²) < 4.78 is 0. The predicted molar refractivity (Wildman–Crippen MR) is 220 cm³/mol. The van der Waals surface area contributed by atoms with E-state index in [9.17, 15) is 0 Å². The van der Waals surface area contributed by atoms with Gasteiger partial charge in [-0.15, -0.1) is 0 Å². The fourth-order valence-electron chi connectivity index (χ4n) is 9.12. The summed E-state index contributed by atoms with van der Waals surface area (Å²) in [5, 5.41) is 15.6. The maximum Gasteiger partial charge on any atom is 0.0159 e. The van der Waals surface area contributed by atoms with Crippen LogP contribution in [0.15, 0.2) is 170 Å². The fraction of sp³-hybridized carbons (Fsp3) is 0.0588. The second-order valence-corrected chi connectivity index (χ2v) is 14.9. The Hall–Kier alpha value is -6.24. The van der Waals surface area contributed by atoms with Gasteiger partial charge in [0, 0.05) is 5.41 Å². The molecule has 0 spiro atoms. The van der Waals surface area contributed by atoms with Gasteiger partial charge in [0.15, 0.2) is 0 Å². The first kappa shape index (κ1) is 28.6. The van der Waals surface area contributed by atoms with Crippen LogP contribution < -0.4 is 0 Å². The zero-order chi connectivity index (χ0) is 33.8. The molecule has 1 aliphatic carbocycles.